The highest BCUT2D eigenvalue weighted by atomic mass is 127. The molecule has 0 bridgehead atoms. The second-order valence-electron chi connectivity index (χ2n) is 2.57. The maximum atomic E-state index is 11.3. The van der Waals surface area contributed by atoms with E-state index in [0.717, 1.165) is 3.57 Å². The summed E-state index contributed by atoms with van der Waals surface area (Å²) in [5.41, 5.74) is 6.37. The van der Waals surface area contributed by atoms with E-state index in [1.54, 1.807) is 12.1 Å². The fourth-order valence-electron chi connectivity index (χ4n) is 1.01. The standard InChI is InChI=1S/C9H10INO3/c1-13-8-3-5(9(12)14-2)7(11)4-6(8)10/h3-4H,11H2,1-2H3. The quantitative estimate of drug-likeness (QED) is 0.513. The van der Waals surface area contributed by atoms with Crippen molar-refractivity contribution in [2.45, 2.75) is 0 Å². The van der Waals surface area contributed by atoms with Crippen LogP contribution >= 0.6 is 22.6 Å². The van der Waals surface area contributed by atoms with E-state index in [1.807, 2.05) is 0 Å². The Morgan fingerprint density at radius 2 is 2.07 bits per heavy atom. The molecule has 1 rings (SSSR count). The smallest absolute Gasteiger partial charge is 0.340 e. The van der Waals surface area contributed by atoms with Gasteiger partial charge in [-0.25, -0.2) is 4.79 Å². The van der Waals surface area contributed by atoms with Gasteiger partial charge in [0.2, 0.25) is 0 Å². The largest absolute Gasteiger partial charge is 0.496 e. The molecule has 0 radical (unpaired) electrons. The van der Waals surface area contributed by atoms with Gasteiger partial charge in [0.1, 0.15) is 5.75 Å². The maximum absolute atomic E-state index is 11.3. The van der Waals surface area contributed by atoms with Gasteiger partial charge in [0.15, 0.2) is 0 Å². The molecule has 0 saturated heterocycles. The lowest BCUT2D eigenvalue weighted by Crippen LogP contribution is -2.06. The number of nitrogen functional groups attached to an aromatic ring is 1. The van der Waals surface area contributed by atoms with E-state index in [0.29, 0.717) is 17.0 Å². The van der Waals surface area contributed by atoms with E-state index in [4.69, 9.17) is 10.5 Å². The average Bonchev–Trinajstić information content (AvgIpc) is 2.17. The zero-order chi connectivity index (χ0) is 10.7. The molecule has 4 nitrogen and oxygen atoms in total. The first kappa shape index (κ1) is 11.1. The summed E-state index contributed by atoms with van der Waals surface area (Å²) in [5.74, 6) is 0.150. The zero-order valence-electron chi connectivity index (χ0n) is 7.83. The van der Waals surface area contributed by atoms with Crippen molar-refractivity contribution in [3.63, 3.8) is 0 Å². The second kappa shape index (κ2) is 4.50. The number of ether oxygens (including phenoxy) is 2. The van der Waals surface area contributed by atoms with E-state index in [2.05, 4.69) is 27.3 Å². The third kappa shape index (κ3) is 2.09. The van der Waals surface area contributed by atoms with Gasteiger partial charge in [-0.1, -0.05) is 0 Å². The van der Waals surface area contributed by atoms with Crippen LogP contribution in [0, 0.1) is 3.57 Å². The minimum atomic E-state index is -0.461. The van der Waals surface area contributed by atoms with Gasteiger partial charge in [-0.2, -0.15) is 0 Å². The van der Waals surface area contributed by atoms with Crippen molar-refractivity contribution in [1.82, 2.24) is 0 Å². The Kier molecular flexibility index (Phi) is 3.56. The van der Waals surface area contributed by atoms with Gasteiger partial charge >= 0.3 is 5.97 Å². The average molecular weight is 307 g/mol. The molecule has 0 atom stereocenters. The Labute approximate surface area is 95.5 Å². The first-order valence-corrected chi connectivity index (χ1v) is 4.89. The number of nitrogens with two attached hydrogens (primary N) is 1. The Hall–Kier alpha value is -0.980. The molecule has 0 aliphatic heterocycles. The van der Waals surface area contributed by atoms with Crippen molar-refractivity contribution < 1.29 is 14.3 Å². The SMILES string of the molecule is COC(=O)c1cc(OC)c(I)cc1N. The molecule has 1 aromatic rings. The minimum absolute atomic E-state index is 0.324. The van der Waals surface area contributed by atoms with Crippen LogP contribution < -0.4 is 10.5 Å². The fourth-order valence-corrected chi connectivity index (χ4v) is 1.72. The molecule has 2 N–H and O–H groups in total. The van der Waals surface area contributed by atoms with Crippen LogP contribution in [0.2, 0.25) is 0 Å². The number of halogens is 1. The summed E-state index contributed by atoms with van der Waals surface area (Å²) in [5, 5.41) is 0. The number of hydrogen-bond acceptors (Lipinski definition) is 4. The molecule has 0 aliphatic rings. The van der Waals surface area contributed by atoms with E-state index < -0.39 is 5.97 Å². The van der Waals surface area contributed by atoms with Crippen LogP contribution in [-0.4, -0.2) is 20.2 Å². The van der Waals surface area contributed by atoms with Crippen LogP contribution in [0.25, 0.3) is 0 Å². The van der Waals surface area contributed by atoms with Crippen LogP contribution in [0.4, 0.5) is 5.69 Å². The number of rotatable bonds is 2. The minimum Gasteiger partial charge on any atom is -0.496 e. The van der Waals surface area contributed by atoms with Gasteiger partial charge in [0, 0.05) is 5.69 Å². The van der Waals surface area contributed by atoms with Gasteiger partial charge in [-0.3, -0.25) is 0 Å². The lowest BCUT2D eigenvalue weighted by Gasteiger charge is -2.08. The second-order valence-corrected chi connectivity index (χ2v) is 3.73. The first-order chi connectivity index (χ1) is 6.60. The van der Waals surface area contributed by atoms with Crippen molar-refractivity contribution in [2.75, 3.05) is 20.0 Å². The number of hydrogen-bond donors (Lipinski definition) is 1. The van der Waals surface area contributed by atoms with Crippen molar-refractivity contribution in [1.29, 1.82) is 0 Å². The molecule has 0 heterocycles. The number of benzene rings is 1. The van der Waals surface area contributed by atoms with E-state index >= 15 is 0 Å². The fraction of sp³-hybridized carbons (Fsp3) is 0.222. The molecule has 0 saturated carbocycles. The number of carbonyl (C=O) groups excluding carboxylic acids is 1. The molecule has 0 amide bonds. The number of esters is 1. The van der Waals surface area contributed by atoms with Gasteiger partial charge in [-0.15, -0.1) is 0 Å². The molecule has 14 heavy (non-hydrogen) atoms. The molecular weight excluding hydrogens is 297 g/mol. The van der Waals surface area contributed by atoms with Gasteiger partial charge < -0.3 is 15.2 Å². The lowest BCUT2D eigenvalue weighted by molar-refractivity contribution is 0.0601. The van der Waals surface area contributed by atoms with Crippen molar-refractivity contribution in [3.8, 4) is 5.75 Å². The summed E-state index contributed by atoms with van der Waals surface area (Å²) >= 11 is 2.08. The van der Waals surface area contributed by atoms with Gasteiger partial charge in [0.05, 0.1) is 23.4 Å². The highest BCUT2D eigenvalue weighted by Gasteiger charge is 2.13. The normalized spacial score (nSPS) is 9.64. The number of carbonyl (C=O) groups is 1. The van der Waals surface area contributed by atoms with Crippen LogP contribution in [0.15, 0.2) is 12.1 Å². The summed E-state index contributed by atoms with van der Waals surface area (Å²) in [6.07, 6.45) is 0. The number of methoxy groups -OCH3 is 2. The maximum Gasteiger partial charge on any atom is 0.340 e. The van der Waals surface area contributed by atoms with Gasteiger partial charge in [0.25, 0.3) is 0 Å². The Morgan fingerprint density at radius 3 is 2.57 bits per heavy atom. The zero-order valence-corrected chi connectivity index (χ0v) is 9.99. The molecule has 0 unspecified atom stereocenters. The van der Waals surface area contributed by atoms with Crippen LogP contribution in [-0.2, 0) is 4.74 Å². The molecule has 0 aliphatic carbocycles. The first-order valence-electron chi connectivity index (χ1n) is 3.81. The van der Waals surface area contributed by atoms with Gasteiger partial charge in [-0.05, 0) is 34.7 Å². The molecule has 76 valence electrons. The lowest BCUT2D eigenvalue weighted by atomic mass is 10.2. The van der Waals surface area contributed by atoms with Crippen molar-refractivity contribution in [3.05, 3.63) is 21.3 Å². The van der Waals surface area contributed by atoms with E-state index in [1.165, 1.54) is 14.2 Å². The van der Waals surface area contributed by atoms with Crippen molar-refractivity contribution >= 4 is 34.2 Å². The summed E-state index contributed by atoms with van der Waals surface area (Å²) in [6, 6.07) is 3.24. The Morgan fingerprint density at radius 1 is 1.43 bits per heavy atom. The third-order valence-electron chi connectivity index (χ3n) is 1.73. The summed E-state index contributed by atoms with van der Waals surface area (Å²) in [4.78, 5) is 11.3. The van der Waals surface area contributed by atoms with Crippen LogP contribution in [0.1, 0.15) is 10.4 Å². The molecule has 0 aromatic heterocycles. The van der Waals surface area contributed by atoms with Crippen LogP contribution in [0.5, 0.6) is 5.75 Å². The summed E-state index contributed by atoms with van der Waals surface area (Å²) < 4.78 is 10.5. The number of anilines is 1. The molecule has 1 aromatic carbocycles. The third-order valence-corrected chi connectivity index (χ3v) is 2.57. The summed E-state index contributed by atoms with van der Waals surface area (Å²) in [6.45, 7) is 0. The molecule has 0 fully saturated rings. The van der Waals surface area contributed by atoms with Crippen LogP contribution in [0.3, 0.4) is 0 Å². The topological polar surface area (TPSA) is 61.5 Å². The van der Waals surface area contributed by atoms with E-state index in [-0.39, 0.29) is 0 Å². The van der Waals surface area contributed by atoms with E-state index in [9.17, 15) is 4.79 Å². The predicted octanol–water partition coefficient (Wildman–Crippen LogP) is 1.67. The Balaban J connectivity index is 3.24. The summed E-state index contributed by atoms with van der Waals surface area (Å²) in [7, 11) is 2.85. The Bertz CT molecular complexity index is 365. The predicted molar refractivity (Wildman–Crippen MR) is 61.5 cm³/mol. The highest BCUT2D eigenvalue weighted by molar-refractivity contribution is 14.1. The highest BCUT2D eigenvalue weighted by Crippen LogP contribution is 2.26. The monoisotopic (exact) mass is 307 g/mol. The molecule has 0 spiro atoms. The molecule has 5 heteroatoms. The van der Waals surface area contributed by atoms with Crippen molar-refractivity contribution in [2.24, 2.45) is 0 Å². The molecular formula is C9H10INO3.